The van der Waals surface area contributed by atoms with Gasteiger partial charge in [0.05, 0.1) is 12.3 Å². The number of ether oxygens (including phenoxy) is 1. The SMILES string of the molecule is CC(C)N(C(C)C(=O)O)[P@@](=O)(Oc1ccccc1)OC(C)(C)[C@H]1O[C@@H](n2cc(F)c(=O)[nH]c2=O)C[C@@H]1O[Si](C)(C)C(C)(C)C. The van der Waals surface area contributed by atoms with Crippen molar-refractivity contribution >= 4 is 22.0 Å². The summed E-state index contributed by atoms with van der Waals surface area (Å²) in [5, 5.41) is 9.69. The monoisotopic (exact) mass is 657 g/mol. The number of hydrogen-bond acceptors (Lipinski definition) is 8. The van der Waals surface area contributed by atoms with Gasteiger partial charge in [-0.05, 0) is 64.9 Å². The molecule has 1 fully saturated rings. The predicted octanol–water partition coefficient (Wildman–Crippen LogP) is 5.52. The van der Waals surface area contributed by atoms with Crippen LogP contribution in [0.3, 0.4) is 0 Å². The summed E-state index contributed by atoms with van der Waals surface area (Å²) in [7, 11) is -6.95. The lowest BCUT2D eigenvalue weighted by molar-refractivity contribution is -0.143. The number of carboxylic acids is 1. The summed E-state index contributed by atoms with van der Waals surface area (Å²) in [6.45, 7) is 18.2. The van der Waals surface area contributed by atoms with Gasteiger partial charge in [0.25, 0.3) is 5.56 Å². The van der Waals surface area contributed by atoms with Crippen molar-refractivity contribution in [3.8, 4) is 5.75 Å². The first-order chi connectivity index (χ1) is 20.1. The van der Waals surface area contributed by atoms with Gasteiger partial charge < -0.3 is 18.8 Å². The largest absolute Gasteiger partial charge is 0.480 e. The van der Waals surface area contributed by atoms with Crippen LogP contribution in [0.2, 0.25) is 18.1 Å². The number of carbonyl (C=O) groups is 1. The lowest BCUT2D eigenvalue weighted by Crippen LogP contribution is -2.52. The van der Waals surface area contributed by atoms with E-state index in [9.17, 15) is 28.4 Å². The fraction of sp³-hybridized carbons (Fsp3) is 0.621. The Kier molecular flexibility index (Phi) is 10.6. The minimum atomic E-state index is -4.47. The van der Waals surface area contributed by atoms with Gasteiger partial charge in [-0.1, -0.05) is 39.0 Å². The molecule has 12 nitrogen and oxygen atoms in total. The molecule has 0 aliphatic carbocycles. The van der Waals surface area contributed by atoms with Gasteiger partial charge in [0.2, 0.25) is 5.82 Å². The zero-order valence-corrected chi connectivity index (χ0v) is 28.9. The van der Waals surface area contributed by atoms with E-state index in [-0.39, 0.29) is 17.2 Å². The molecule has 1 aliphatic heterocycles. The van der Waals surface area contributed by atoms with Crippen LogP contribution in [0.1, 0.15) is 68.0 Å². The van der Waals surface area contributed by atoms with Gasteiger partial charge >= 0.3 is 19.4 Å². The highest BCUT2D eigenvalue weighted by Crippen LogP contribution is 2.58. The highest BCUT2D eigenvalue weighted by Gasteiger charge is 2.55. The molecule has 0 spiro atoms. The van der Waals surface area contributed by atoms with Gasteiger partial charge in [0.15, 0.2) is 8.32 Å². The molecule has 3 rings (SSSR count). The second kappa shape index (κ2) is 13.0. The van der Waals surface area contributed by atoms with Crippen LogP contribution in [0.25, 0.3) is 0 Å². The number of H-pyrrole nitrogens is 1. The Hall–Kier alpha value is -2.61. The van der Waals surface area contributed by atoms with Crippen molar-refractivity contribution in [2.45, 2.75) is 116 Å². The van der Waals surface area contributed by atoms with E-state index in [4.69, 9.17) is 18.2 Å². The number of carboxylic acid groups (broad SMARTS) is 1. The molecule has 1 saturated heterocycles. The smallest absolute Gasteiger partial charge is 0.463 e. The minimum absolute atomic E-state index is 0.0820. The molecule has 0 bridgehead atoms. The number of nitrogens with one attached hydrogen (secondary N) is 1. The summed E-state index contributed by atoms with van der Waals surface area (Å²) in [6.07, 6.45) is -1.93. The molecule has 5 atom stereocenters. The van der Waals surface area contributed by atoms with Crippen LogP contribution in [-0.4, -0.2) is 63.5 Å². The Morgan fingerprint density at radius 1 is 1.16 bits per heavy atom. The van der Waals surface area contributed by atoms with E-state index in [1.165, 1.54) is 11.6 Å². The maximum Gasteiger partial charge on any atom is 0.463 e. The summed E-state index contributed by atoms with van der Waals surface area (Å²) in [5.74, 6) is -2.19. The number of para-hydroxylation sites is 1. The summed E-state index contributed by atoms with van der Waals surface area (Å²) in [6, 6.07) is 6.41. The van der Waals surface area contributed by atoms with E-state index in [0.29, 0.717) is 0 Å². The number of benzene rings is 1. The second-order valence-corrected chi connectivity index (χ2v) is 19.9. The summed E-state index contributed by atoms with van der Waals surface area (Å²) >= 11 is 0. The van der Waals surface area contributed by atoms with Crippen molar-refractivity contribution in [3.05, 3.63) is 63.2 Å². The molecule has 15 heteroatoms. The Bertz CT molecular complexity index is 1490. The summed E-state index contributed by atoms with van der Waals surface area (Å²) in [5.41, 5.74) is -3.51. The van der Waals surface area contributed by atoms with Gasteiger partial charge in [-0.3, -0.25) is 23.7 Å². The van der Waals surface area contributed by atoms with Gasteiger partial charge in [0, 0.05) is 12.5 Å². The van der Waals surface area contributed by atoms with Gasteiger partial charge in [-0.2, -0.15) is 9.06 Å². The first-order valence-corrected chi connectivity index (χ1v) is 18.9. The van der Waals surface area contributed by atoms with Crippen LogP contribution in [-0.2, 0) is 23.0 Å². The third-order valence-electron chi connectivity index (χ3n) is 8.13. The topological polar surface area (TPSA) is 149 Å². The molecule has 1 aromatic heterocycles. The van der Waals surface area contributed by atoms with E-state index < -0.39 is 75.2 Å². The molecule has 0 amide bonds. The second-order valence-electron chi connectivity index (χ2n) is 13.4. The predicted molar refractivity (Wildman–Crippen MR) is 166 cm³/mol. The normalized spacial score (nSPS) is 21.8. The molecule has 44 heavy (non-hydrogen) atoms. The van der Waals surface area contributed by atoms with E-state index in [0.717, 1.165) is 10.8 Å². The van der Waals surface area contributed by atoms with E-state index >= 15 is 0 Å². The summed E-state index contributed by atoms with van der Waals surface area (Å²) in [4.78, 5) is 38.5. The van der Waals surface area contributed by atoms with Gasteiger partial charge in [-0.25, -0.2) is 9.36 Å². The standard InChI is InChI=1S/C29H45FN3O9PSi/c1-18(2)33(19(3)26(35)36)43(38,40-20-14-12-11-13-15-20)42-29(7,8)24-22(41-44(9,10)28(4,5)6)16-23(39-24)32-17-21(30)25(34)31-27(32)37/h11-15,17-19,22-24H,16H2,1-10H3,(H,35,36)(H,31,34,37)/t19?,22-,23+,24-,43+/m0/s1. The van der Waals surface area contributed by atoms with Gasteiger partial charge in [-0.15, -0.1) is 0 Å². The Morgan fingerprint density at radius 3 is 2.27 bits per heavy atom. The fourth-order valence-electron chi connectivity index (χ4n) is 4.90. The number of halogens is 1. The molecule has 1 aromatic carbocycles. The lowest BCUT2D eigenvalue weighted by Gasteiger charge is -2.44. The van der Waals surface area contributed by atoms with Crippen LogP contribution in [0, 0.1) is 5.82 Å². The van der Waals surface area contributed by atoms with Crippen molar-refractivity contribution in [2.75, 3.05) is 0 Å². The van der Waals surface area contributed by atoms with Crippen molar-refractivity contribution < 1.29 is 37.1 Å². The van der Waals surface area contributed by atoms with Crippen molar-refractivity contribution in [3.63, 3.8) is 0 Å². The van der Waals surface area contributed by atoms with Gasteiger partial charge in [0.1, 0.15) is 29.7 Å². The number of hydrogen-bond donors (Lipinski definition) is 2. The average Bonchev–Trinajstić information content (AvgIpc) is 3.29. The average molecular weight is 658 g/mol. The molecule has 0 radical (unpaired) electrons. The molecule has 246 valence electrons. The third kappa shape index (κ3) is 7.78. The number of nitrogens with zero attached hydrogens (tertiary/aromatic N) is 2. The summed E-state index contributed by atoms with van der Waals surface area (Å²) < 4.78 is 56.8. The number of aliphatic carboxylic acids is 1. The van der Waals surface area contributed by atoms with E-state index in [2.05, 4.69) is 20.8 Å². The number of aromatic amines is 1. The van der Waals surface area contributed by atoms with Crippen molar-refractivity contribution in [1.82, 2.24) is 14.2 Å². The molecule has 1 unspecified atom stereocenters. The van der Waals surface area contributed by atoms with E-state index in [1.807, 2.05) is 18.1 Å². The van der Waals surface area contributed by atoms with Crippen LogP contribution < -0.4 is 15.8 Å². The molecule has 1 aliphatic rings. The van der Waals surface area contributed by atoms with Crippen molar-refractivity contribution in [2.24, 2.45) is 0 Å². The Labute approximate surface area is 258 Å². The molecular formula is C29H45FN3O9PSi. The number of rotatable bonds is 12. The van der Waals surface area contributed by atoms with Crippen LogP contribution >= 0.6 is 7.75 Å². The molecule has 2 heterocycles. The van der Waals surface area contributed by atoms with Crippen LogP contribution in [0.4, 0.5) is 4.39 Å². The molecular weight excluding hydrogens is 612 g/mol. The zero-order valence-electron chi connectivity index (χ0n) is 27.0. The molecule has 2 N–H and O–H groups in total. The highest BCUT2D eigenvalue weighted by molar-refractivity contribution is 7.51. The lowest BCUT2D eigenvalue weighted by atomic mass is 9.97. The fourth-order valence-corrected chi connectivity index (χ4v) is 8.63. The van der Waals surface area contributed by atoms with Crippen molar-refractivity contribution in [1.29, 1.82) is 0 Å². The third-order valence-corrected chi connectivity index (χ3v) is 15.1. The van der Waals surface area contributed by atoms with Crippen LogP contribution in [0.5, 0.6) is 5.75 Å². The van der Waals surface area contributed by atoms with E-state index in [1.54, 1.807) is 58.0 Å². The quantitative estimate of drug-likeness (QED) is 0.221. The zero-order chi connectivity index (χ0) is 33.4. The Morgan fingerprint density at radius 2 is 1.75 bits per heavy atom. The van der Waals surface area contributed by atoms with Crippen LogP contribution in [0.15, 0.2) is 46.1 Å². The first kappa shape index (κ1) is 35.9. The maximum absolute atomic E-state index is 14.9. The Balaban J connectivity index is 2.12. The maximum atomic E-state index is 14.9. The number of aromatic nitrogens is 2. The minimum Gasteiger partial charge on any atom is -0.480 e. The first-order valence-electron chi connectivity index (χ1n) is 14.5. The highest BCUT2D eigenvalue weighted by atomic mass is 31.2. The molecule has 2 aromatic rings. The molecule has 0 saturated carbocycles.